The summed E-state index contributed by atoms with van der Waals surface area (Å²) in [4.78, 5) is 0. The topological polar surface area (TPSA) is 145 Å². The molecule has 2 aromatic rings. The van der Waals surface area contributed by atoms with Crippen molar-refractivity contribution in [1.82, 2.24) is 0 Å². The lowest BCUT2D eigenvalue weighted by Gasteiger charge is -2.42. The Morgan fingerprint density at radius 1 is 0.548 bits per heavy atom. The Hall–Kier alpha value is -4.32. The molecule has 0 heterocycles. The van der Waals surface area contributed by atoms with Gasteiger partial charge in [-0.1, -0.05) is 48.5 Å². The van der Waals surface area contributed by atoms with Crippen molar-refractivity contribution in [1.29, 1.82) is 0 Å². The Labute approximate surface area is 178 Å². The number of benzene rings is 2. The summed E-state index contributed by atoms with van der Waals surface area (Å²) in [5, 5.41) is 23.0. The minimum atomic E-state index is -1.59. The first-order valence-corrected chi connectivity index (χ1v) is 9.91. The zero-order valence-corrected chi connectivity index (χ0v) is 16.5. The van der Waals surface area contributed by atoms with Crippen LogP contribution in [0.25, 0.3) is 22.5 Å². The van der Waals surface area contributed by atoms with Gasteiger partial charge in [0.2, 0.25) is 0 Å². The van der Waals surface area contributed by atoms with Crippen molar-refractivity contribution in [3.8, 4) is 0 Å². The van der Waals surface area contributed by atoms with E-state index in [4.69, 9.17) is 22.9 Å². The van der Waals surface area contributed by atoms with Crippen LogP contribution < -0.4 is 22.9 Å². The SMILES string of the molecule is NC1=C(O)C2(C(O)=C(N)C=C3C2=C(N)c2ccccc23)C2=C(N)c3ccccc3C2=C1. The molecule has 0 fully saturated rings. The highest BCUT2D eigenvalue weighted by Gasteiger charge is 2.58. The van der Waals surface area contributed by atoms with E-state index in [1.54, 1.807) is 12.2 Å². The number of fused-ring (bicyclic) bond motifs is 8. The second-order valence-corrected chi connectivity index (χ2v) is 8.14. The molecule has 0 unspecified atom stereocenters. The summed E-state index contributed by atoms with van der Waals surface area (Å²) in [6.45, 7) is 0. The first-order valence-electron chi connectivity index (χ1n) is 9.91. The molecule has 0 amide bonds. The molecule has 6 rings (SSSR count). The van der Waals surface area contributed by atoms with Crippen LogP contribution in [0.2, 0.25) is 0 Å². The lowest BCUT2D eigenvalue weighted by molar-refractivity contribution is 0.241. The fourth-order valence-corrected chi connectivity index (χ4v) is 5.43. The number of rotatable bonds is 0. The van der Waals surface area contributed by atoms with Gasteiger partial charge in [-0.05, 0) is 34.4 Å². The first-order chi connectivity index (χ1) is 14.9. The molecule has 0 atom stereocenters. The van der Waals surface area contributed by atoms with E-state index >= 15 is 0 Å². The van der Waals surface area contributed by atoms with Gasteiger partial charge in [-0.15, -0.1) is 0 Å². The molecule has 0 saturated carbocycles. The number of hydrogen-bond donors (Lipinski definition) is 6. The average molecular weight is 408 g/mol. The van der Waals surface area contributed by atoms with Crippen LogP contribution in [0.15, 0.2) is 94.7 Å². The number of aliphatic hydroxyl groups is 2. The maximum atomic E-state index is 11.5. The number of allylic oxidation sites excluding steroid dienone is 4. The molecule has 6 heteroatoms. The van der Waals surface area contributed by atoms with Crippen molar-refractivity contribution in [2.75, 3.05) is 0 Å². The summed E-state index contributed by atoms with van der Waals surface area (Å²) in [7, 11) is 0. The molecule has 6 nitrogen and oxygen atoms in total. The van der Waals surface area contributed by atoms with Gasteiger partial charge in [0.15, 0.2) is 0 Å². The summed E-state index contributed by atoms with van der Waals surface area (Å²) in [6.07, 6.45) is 3.38. The summed E-state index contributed by atoms with van der Waals surface area (Å²) in [5.74, 6) is -0.474. The van der Waals surface area contributed by atoms with E-state index in [0.717, 1.165) is 33.4 Å². The zero-order valence-electron chi connectivity index (χ0n) is 16.5. The maximum Gasteiger partial charge on any atom is 0.144 e. The molecule has 0 saturated heterocycles. The monoisotopic (exact) mass is 408 g/mol. The van der Waals surface area contributed by atoms with Gasteiger partial charge in [-0.2, -0.15) is 0 Å². The van der Waals surface area contributed by atoms with Crippen molar-refractivity contribution in [2.24, 2.45) is 28.3 Å². The van der Waals surface area contributed by atoms with Gasteiger partial charge >= 0.3 is 0 Å². The molecule has 2 aromatic carbocycles. The van der Waals surface area contributed by atoms with Gasteiger partial charge in [0, 0.05) is 33.7 Å². The zero-order chi connectivity index (χ0) is 21.7. The van der Waals surface area contributed by atoms with Crippen LogP contribution in [-0.4, -0.2) is 10.2 Å². The third kappa shape index (κ3) is 1.79. The Kier molecular flexibility index (Phi) is 3.07. The van der Waals surface area contributed by atoms with E-state index in [0.29, 0.717) is 22.5 Å². The quantitative estimate of drug-likeness (QED) is 0.395. The molecular formula is C25H20N4O2. The van der Waals surface area contributed by atoms with Gasteiger partial charge in [0.25, 0.3) is 0 Å². The molecule has 31 heavy (non-hydrogen) atoms. The normalized spacial score (nSPS) is 20.5. The first kappa shape index (κ1) is 17.5. The molecule has 152 valence electrons. The van der Waals surface area contributed by atoms with Crippen molar-refractivity contribution in [3.63, 3.8) is 0 Å². The average Bonchev–Trinajstić information content (AvgIpc) is 3.22. The lowest BCUT2D eigenvalue weighted by atomic mass is 9.61. The van der Waals surface area contributed by atoms with Crippen LogP contribution in [0.1, 0.15) is 22.3 Å². The smallest absolute Gasteiger partial charge is 0.144 e. The van der Waals surface area contributed by atoms with Crippen LogP contribution >= 0.6 is 0 Å². The van der Waals surface area contributed by atoms with E-state index in [-0.39, 0.29) is 22.9 Å². The van der Waals surface area contributed by atoms with Gasteiger partial charge < -0.3 is 33.1 Å². The number of hydrogen-bond acceptors (Lipinski definition) is 6. The lowest BCUT2D eigenvalue weighted by Crippen LogP contribution is -2.39. The highest BCUT2D eigenvalue weighted by molar-refractivity contribution is 6.10. The van der Waals surface area contributed by atoms with Crippen LogP contribution in [-0.2, 0) is 0 Å². The highest BCUT2D eigenvalue weighted by atomic mass is 16.3. The van der Waals surface area contributed by atoms with Crippen LogP contribution in [0.4, 0.5) is 0 Å². The van der Waals surface area contributed by atoms with E-state index in [1.165, 1.54) is 0 Å². The Bertz CT molecular complexity index is 1320. The van der Waals surface area contributed by atoms with Crippen molar-refractivity contribution >= 4 is 22.5 Å². The van der Waals surface area contributed by atoms with Crippen molar-refractivity contribution in [3.05, 3.63) is 117 Å². The van der Waals surface area contributed by atoms with E-state index in [1.807, 2.05) is 48.5 Å². The molecule has 1 spiro atoms. The number of aliphatic hydroxyl groups excluding tert-OH is 2. The summed E-state index contributed by atoms with van der Waals surface area (Å²) < 4.78 is 0. The second-order valence-electron chi connectivity index (χ2n) is 8.14. The Morgan fingerprint density at radius 2 is 0.903 bits per heavy atom. The van der Waals surface area contributed by atoms with Gasteiger partial charge in [0.05, 0.1) is 11.4 Å². The third-order valence-corrected chi connectivity index (χ3v) is 6.70. The number of nitrogens with two attached hydrogens (primary N) is 4. The minimum Gasteiger partial charge on any atom is -0.508 e. The third-order valence-electron chi connectivity index (χ3n) is 6.70. The summed E-state index contributed by atoms with van der Waals surface area (Å²) in [6, 6.07) is 15.3. The second kappa shape index (κ2) is 5.43. The van der Waals surface area contributed by atoms with E-state index < -0.39 is 5.41 Å². The molecule has 0 aromatic heterocycles. The van der Waals surface area contributed by atoms with Gasteiger partial charge in [-0.3, -0.25) is 0 Å². The van der Waals surface area contributed by atoms with Crippen molar-refractivity contribution in [2.45, 2.75) is 0 Å². The predicted molar refractivity (Wildman–Crippen MR) is 121 cm³/mol. The van der Waals surface area contributed by atoms with E-state index in [9.17, 15) is 10.2 Å². The standard InChI is InChI=1S/C25H20N4O2/c26-17-9-15-11-5-1-3-7-13(11)21(28)19(15)25(23(17)30)20-16(10-18(27)24(25)31)12-6-2-4-8-14(12)22(20)29/h1-10,30-31H,26-29H2. The van der Waals surface area contributed by atoms with E-state index in [2.05, 4.69) is 0 Å². The van der Waals surface area contributed by atoms with Crippen LogP contribution in [0.5, 0.6) is 0 Å². The highest BCUT2D eigenvalue weighted by Crippen LogP contribution is 2.65. The molecule has 10 N–H and O–H groups in total. The summed E-state index contributed by atoms with van der Waals surface area (Å²) >= 11 is 0. The molecule has 4 aliphatic rings. The molecule has 0 aliphatic heterocycles. The Balaban J connectivity index is 1.79. The van der Waals surface area contributed by atoms with Gasteiger partial charge in [0.1, 0.15) is 16.9 Å². The van der Waals surface area contributed by atoms with Crippen LogP contribution in [0, 0.1) is 5.41 Å². The van der Waals surface area contributed by atoms with Crippen molar-refractivity contribution < 1.29 is 10.2 Å². The van der Waals surface area contributed by atoms with Gasteiger partial charge in [-0.25, -0.2) is 0 Å². The maximum absolute atomic E-state index is 11.5. The fourth-order valence-electron chi connectivity index (χ4n) is 5.43. The predicted octanol–water partition coefficient (Wildman–Crippen LogP) is 2.99. The molecular weight excluding hydrogens is 388 g/mol. The minimum absolute atomic E-state index is 0.125. The van der Waals surface area contributed by atoms with Crippen LogP contribution in [0.3, 0.4) is 0 Å². The summed E-state index contributed by atoms with van der Waals surface area (Å²) in [5.41, 5.74) is 31.4. The largest absolute Gasteiger partial charge is 0.508 e. The Morgan fingerprint density at radius 3 is 1.29 bits per heavy atom. The fraction of sp³-hybridized carbons (Fsp3) is 0.0400. The molecule has 0 bridgehead atoms. The molecule has 4 aliphatic carbocycles. The molecule has 0 radical (unpaired) electrons.